The van der Waals surface area contributed by atoms with Crippen molar-refractivity contribution in [2.24, 2.45) is 11.3 Å². The number of ether oxygens (including phenoxy) is 2. The molecule has 0 spiro atoms. The largest absolute Gasteiger partial charge is 0.475 e. The van der Waals surface area contributed by atoms with Crippen molar-refractivity contribution in [2.45, 2.75) is 58.9 Å². The van der Waals surface area contributed by atoms with Gasteiger partial charge in [-0.2, -0.15) is 0 Å². The molecular formula is C21H30N2O6. The third-order valence-electron chi connectivity index (χ3n) is 5.88. The first-order chi connectivity index (χ1) is 13.7. The van der Waals surface area contributed by atoms with Crippen LogP contribution in [0.15, 0.2) is 24.3 Å². The van der Waals surface area contributed by atoms with Gasteiger partial charge in [0, 0.05) is 12.1 Å². The topological polar surface area (TPSA) is 108 Å². The number of carbonyl (C=O) groups excluding carboxylic acids is 2. The number of hydrogen-bond acceptors (Lipinski definition) is 6. The summed E-state index contributed by atoms with van der Waals surface area (Å²) in [7, 11) is 0. The molecule has 0 heterocycles. The van der Waals surface area contributed by atoms with Crippen molar-refractivity contribution in [3.63, 3.8) is 0 Å². The number of esters is 1. The Morgan fingerprint density at radius 1 is 1.17 bits per heavy atom. The van der Waals surface area contributed by atoms with Gasteiger partial charge in [0.2, 0.25) is 0 Å². The van der Waals surface area contributed by atoms with E-state index in [4.69, 9.17) is 9.47 Å². The molecule has 8 heteroatoms. The minimum absolute atomic E-state index is 0.0225. The molecule has 8 nitrogen and oxygen atoms in total. The van der Waals surface area contributed by atoms with Crippen LogP contribution in [0.3, 0.4) is 0 Å². The number of nitrogens with one attached hydrogen (secondary N) is 1. The Morgan fingerprint density at radius 2 is 1.83 bits per heavy atom. The zero-order chi connectivity index (χ0) is 21.4. The molecule has 1 saturated carbocycles. The highest BCUT2D eigenvalue weighted by atomic mass is 16.6. The Morgan fingerprint density at radius 3 is 2.45 bits per heavy atom. The summed E-state index contributed by atoms with van der Waals surface area (Å²) in [5.41, 5.74) is 0.0816. The van der Waals surface area contributed by atoms with Crippen molar-refractivity contribution in [3.8, 4) is 5.75 Å². The second-order valence-corrected chi connectivity index (χ2v) is 8.13. The molecule has 0 bridgehead atoms. The predicted octanol–water partition coefficient (Wildman–Crippen LogP) is 3.63. The van der Waals surface area contributed by atoms with Gasteiger partial charge in [-0.1, -0.05) is 39.3 Å². The number of carbonyl (C=O) groups is 2. The average Bonchev–Trinajstić information content (AvgIpc) is 2.71. The van der Waals surface area contributed by atoms with Gasteiger partial charge < -0.3 is 14.8 Å². The van der Waals surface area contributed by atoms with Gasteiger partial charge in [-0.3, -0.25) is 14.9 Å². The van der Waals surface area contributed by atoms with E-state index in [1.54, 1.807) is 6.07 Å². The molecule has 1 aromatic carbocycles. The minimum Gasteiger partial charge on any atom is -0.475 e. The van der Waals surface area contributed by atoms with E-state index in [-0.39, 0.29) is 30.0 Å². The number of nitro groups is 1. The lowest BCUT2D eigenvalue weighted by atomic mass is 9.69. The molecule has 29 heavy (non-hydrogen) atoms. The van der Waals surface area contributed by atoms with Crippen molar-refractivity contribution >= 4 is 17.6 Å². The van der Waals surface area contributed by atoms with Crippen molar-refractivity contribution in [1.82, 2.24) is 5.32 Å². The maximum atomic E-state index is 12.0. The number of rotatable bonds is 9. The Hall–Kier alpha value is -2.64. The molecule has 0 saturated heterocycles. The van der Waals surface area contributed by atoms with Crippen molar-refractivity contribution in [3.05, 3.63) is 34.4 Å². The van der Waals surface area contributed by atoms with Crippen LogP contribution in [-0.4, -0.2) is 36.1 Å². The number of nitrogens with zero attached hydrogens (tertiary/aromatic N) is 1. The van der Waals surface area contributed by atoms with Gasteiger partial charge in [-0.15, -0.1) is 0 Å². The van der Waals surface area contributed by atoms with Gasteiger partial charge in [-0.05, 0) is 43.1 Å². The highest BCUT2D eigenvalue weighted by molar-refractivity contribution is 5.81. The molecule has 0 aliphatic heterocycles. The van der Waals surface area contributed by atoms with Crippen molar-refractivity contribution in [1.29, 1.82) is 0 Å². The summed E-state index contributed by atoms with van der Waals surface area (Å²) < 4.78 is 10.1. The Labute approximate surface area is 171 Å². The predicted molar refractivity (Wildman–Crippen MR) is 108 cm³/mol. The molecule has 1 aliphatic carbocycles. The molecule has 2 rings (SSSR count). The maximum absolute atomic E-state index is 12.0. The Balaban J connectivity index is 1.69. The smallest absolute Gasteiger partial charge is 0.344 e. The van der Waals surface area contributed by atoms with Crippen LogP contribution in [0.4, 0.5) is 5.69 Å². The third kappa shape index (κ3) is 6.73. The first-order valence-electron chi connectivity index (χ1n) is 10.0. The van der Waals surface area contributed by atoms with Crippen LogP contribution < -0.4 is 10.1 Å². The maximum Gasteiger partial charge on any atom is 0.344 e. The Kier molecular flexibility index (Phi) is 7.99. The van der Waals surface area contributed by atoms with Gasteiger partial charge in [0.15, 0.2) is 19.0 Å². The van der Waals surface area contributed by atoms with E-state index in [1.807, 2.05) is 0 Å². The van der Waals surface area contributed by atoms with Crippen molar-refractivity contribution in [2.75, 3.05) is 13.2 Å². The van der Waals surface area contributed by atoms with Crippen LogP contribution in [0.25, 0.3) is 0 Å². The first-order valence-corrected chi connectivity index (χ1v) is 10.0. The number of hydrogen-bond donors (Lipinski definition) is 1. The Bertz CT molecular complexity index is 726. The highest BCUT2D eigenvalue weighted by Crippen LogP contribution is 2.40. The lowest BCUT2D eigenvalue weighted by Crippen LogP contribution is -2.41. The van der Waals surface area contributed by atoms with E-state index >= 15 is 0 Å². The summed E-state index contributed by atoms with van der Waals surface area (Å²) in [5.74, 6) is -0.461. The summed E-state index contributed by atoms with van der Waals surface area (Å²) in [6.45, 7) is 5.90. The van der Waals surface area contributed by atoms with Crippen LogP contribution >= 0.6 is 0 Å². The molecule has 0 atom stereocenters. The normalized spacial score (nSPS) is 19.3. The first kappa shape index (κ1) is 22.6. The summed E-state index contributed by atoms with van der Waals surface area (Å²) in [6.07, 6.45) is 5.15. The standard InChI is InChI=1S/C21H30N2O6/c1-4-21(2,3)15-9-11-16(12-10-15)22-19(24)13-29-20(25)14-28-18-8-6-5-7-17(18)23(26)27/h5-8,15-16H,4,9-14H2,1-3H3,(H,22,24). The molecule has 1 amide bonds. The third-order valence-corrected chi connectivity index (χ3v) is 5.88. The minimum atomic E-state index is -0.758. The number of benzene rings is 1. The second-order valence-electron chi connectivity index (χ2n) is 8.13. The van der Waals surface area contributed by atoms with Crippen LogP contribution in [0, 0.1) is 21.4 Å². The van der Waals surface area contributed by atoms with E-state index in [0.717, 1.165) is 32.1 Å². The molecule has 1 aromatic rings. The van der Waals surface area contributed by atoms with Gasteiger partial charge in [0.25, 0.3) is 5.91 Å². The van der Waals surface area contributed by atoms with Gasteiger partial charge in [-0.25, -0.2) is 4.79 Å². The van der Waals surface area contributed by atoms with Crippen LogP contribution in [-0.2, 0) is 14.3 Å². The zero-order valence-corrected chi connectivity index (χ0v) is 17.3. The number of para-hydroxylation sites is 2. The van der Waals surface area contributed by atoms with E-state index < -0.39 is 17.5 Å². The molecule has 1 aliphatic rings. The van der Waals surface area contributed by atoms with Gasteiger partial charge >= 0.3 is 11.7 Å². The molecule has 160 valence electrons. The summed E-state index contributed by atoms with van der Waals surface area (Å²) in [6, 6.07) is 5.86. The number of amides is 1. The summed E-state index contributed by atoms with van der Waals surface area (Å²) >= 11 is 0. The second kappa shape index (κ2) is 10.2. The van der Waals surface area contributed by atoms with Crippen LogP contribution in [0.2, 0.25) is 0 Å². The van der Waals surface area contributed by atoms with E-state index in [1.165, 1.54) is 18.2 Å². The van der Waals surface area contributed by atoms with Crippen molar-refractivity contribution < 1.29 is 24.0 Å². The molecule has 0 unspecified atom stereocenters. The molecule has 1 fully saturated rings. The summed E-state index contributed by atoms with van der Waals surface area (Å²) in [5, 5.41) is 13.8. The summed E-state index contributed by atoms with van der Waals surface area (Å²) in [4.78, 5) is 34.2. The average molecular weight is 406 g/mol. The molecular weight excluding hydrogens is 376 g/mol. The molecule has 0 radical (unpaired) electrons. The SMILES string of the molecule is CCC(C)(C)C1CCC(NC(=O)COC(=O)COc2ccccc2[N+](=O)[O-])CC1. The van der Waals surface area contributed by atoms with E-state index in [0.29, 0.717) is 11.3 Å². The van der Waals surface area contributed by atoms with E-state index in [2.05, 4.69) is 26.1 Å². The van der Waals surface area contributed by atoms with Crippen LogP contribution in [0.5, 0.6) is 5.75 Å². The quantitative estimate of drug-likeness (QED) is 0.381. The van der Waals surface area contributed by atoms with Gasteiger partial charge in [0.1, 0.15) is 0 Å². The van der Waals surface area contributed by atoms with Gasteiger partial charge in [0.05, 0.1) is 4.92 Å². The fourth-order valence-electron chi connectivity index (χ4n) is 3.63. The lowest BCUT2D eigenvalue weighted by molar-refractivity contribution is -0.385. The molecule has 0 aromatic heterocycles. The zero-order valence-electron chi connectivity index (χ0n) is 17.3. The lowest BCUT2D eigenvalue weighted by Gasteiger charge is -2.39. The number of nitro benzene ring substituents is 1. The highest BCUT2D eigenvalue weighted by Gasteiger charge is 2.32. The molecule has 1 N–H and O–H groups in total. The van der Waals surface area contributed by atoms with E-state index in [9.17, 15) is 19.7 Å². The fourth-order valence-corrected chi connectivity index (χ4v) is 3.63. The van der Waals surface area contributed by atoms with Crippen LogP contribution in [0.1, 0.15) is 52.9 Å². The monoisotopic (exact) mass is 406 g/mol. The fraction of sp³-hybridized carbons (Fsp3) is 0.619.